The van der Waals surface area contributed by atoms with Crippen molar-refractivity contribution in [3.8, 4) is 0 Å². The highest BCUT2D eigenvalue weighted by molar-refractivity contribution is 7.89. The molecule has 2 aromatic rings. The summed E-state index contributed by atoms with van der Waals surface area (Å²) in [5.41, 5.74) is 1.74. The van der Waals surface area contributed by atoms with Gasteiger partial charge in [-0.2, -0.15) is 4.31 Å². The molecular weight excluding hydrogens is 727 g/mol. The number of allylic oxidation sites excluding steroid dienone is 6. The van der Waals surface area contributed by atoms with Gasteiger partial charge in [0.05, 0.1) is 5.75 Å². The summed E-state index contributed by atoms with van der Waals surface area (Å²) in [6.45, 7) is 8.27. The molecule has 3 aliphatic rings. The van der Waals surface area contributed by atoms with Crippen molar-refractivity contribution in [2.24, 2.45) is 0 Å². The van der Waals surface area contributed by atoms with E-state index in [4.69, 9.17) is 16.3 Å². The minimum Gasteiger partial charge on any atom is -0.444 e. The molecule has 2 amide bonds. The van der Waals surface area contributed by atoms with Gasteiger partial charge in [-0.15, -0.1) is 0 Å². The van der Waals surface area contributed by atoms with Gasteiger partial charge in [0.15, 0.2) is 0 Å². The standard InChI is InChI=1S/C40H49ClF3N3O5S/c1-6-26-12-13-27(16-21-34(26)40(5,43)44)33(28-14-17-29(41)18-15-28)23-37(48)45-36-11-7-10-35(42)32(36)20-19-31-24-46(38(49)52-39(2,3)4)30-9-8-22-53(50,51)47(31)25-30/h7,10-11,13-18,21,30-31,33H,6,8-9,12,19-20,22-25H2,1-5H3,(H,45,48). The fraction of sp³-hybridized carbons (Fsp3) is 0.500. The first-order valence-corrected chi connectivity index (χ1v) is 20.1. The van der Waals surface area contributed by atoms with Gasteiger partial charge in [0.25, 0.3) is 5.92 Å². The molecule has 4 unspecified atom stereocenters. The number of rotatable bonds is 10. The zero-order chi connectivity index (χ0) is 38.7. The van der Waals surface area contributed by atoms with Gasteiger partial charge in [-0.05, 0) is 94.7 Å². The highest BCUT2D eigenvalue weighted by Crippen LogP contribution is 2.38. The number of halogens is 4. The summed E-state index contributed by atoms with van der Waals surface area (Å²) >= 11 is 6.17. The zero-order valence-electron chi connectivity index (χ0n) is 30.9. The van der Waals surface area contributed by atoms with Crippen molar-refractivity contribution >= 4 is 39.3 Å². The second kappa shape index (κ2) is 16.4. The average Bonchev–Trinajstić information content (AvgIpc) is 3.36. The summed E-state index contributed by atoms with van der Waals surface area (Å²) in [6, 6.07) is 10.4. The Bertz CT molecular complexity index is 1880. The van der Waals surface area contributed by atoms with Gasteiger partial charge in [-0.3, -0.25) is 4.79 Å². The molecule has 0 aromatic heterocycles. The number of hydrogen-bond donors (Lipinski definition) is 1. The molecule has 2 saturated heterocycles. The van der Waals surface area contributed by atoms with Crippen LogP contribution in [0.5, 0.6) is 0 Å². The number of hydrogen-bond acceptors (Lipinski definition) is 5. The van der Waals surface area contributed by atoms with Crippen molar-refractivity contribution in [2.75, 3.05) is 24.2 Å². The Morgan fingerprint density at radius 2 is 1.77 bits per heavy atom. The number of ether oxygens (including phenoxy) is 1. The predicted octanol–water partition coefficient (Wildman–Crippen LogP) is 9.19. The van der Waals surface area contributed by atoms with E-state index in [1.165, 1.54) is 22.5 Å². The molecule has 0 radical (unpaired) electrons. The highest BCUT2D eigenvalue weighted by atomic mass is 35.5. The fourth-order valence-electron chi connectivity index (χ4n) is 7.43. The van der Waals surface area contributed by atoms with E-state index in [0.29, 0.717) is 41.9 Å². The molecular formula is C40H49ClF3N3O5S. The largest absolute Gasteiger partial charge is 0.444 e. The van der Waals surface area contributed by atoms with Crippen LogP contribution in [-0.4, -0.2) is 72.1 Å². The third-order valence-electron chi connectivity index (χ3n) is 10.1. The first kappa shape index (κ1) is 40.6. The van der Waals surface area contributed by atoms with Crippen molar-refractivity contribution in [3.63, 3.8) is 0 Å². The molecule has 2 aliphatic heterocycles. The minimum absolute atomic E-state index is 0.0364. The lowest BCUT2D eigenvalue weighted by atomic mass is 9.87. The number of nitrogens with one attached hydrogen (secondary N) is 1. The number of sulfonamides is 1. The van der Waals surface area contributed by atoms with Gasteiger partial charge in [0, 0.05) is 66.3 Å². The van der Waals surface area contributed by atoms with E-state index in [2.05, 4.69) is 5.32 Å². The van der Waals surface area contributed by atoms with Crippen molar-refractivity contribution in [1.82, 2.24) is 9.21 Å². The van der Waals surface area contributed by atoms with Crippen LogP contribution in [0.3, 0.4) is 0 Å². The van der Waals surface area contributed by atoms with Gasteiger partial charge in [0.2, 0.25) is 15.9 Å². The summed E-state index contributed by atoms with van der Waals surface area (Å²) in [6.07, 6.45) is 6.32. The molecule has 5 rings (SSSR count). The lowest BCUT2D eigenvalue weighted by molar-refractivity contribution is -0.116. The van der Waals surface area contributed by atoms with Crippen LogP contribution in [0.1, 0.15) is 90.2 Å². The van der Waals surface area contributed by atoms with E-state index >= 15 is 4.39 Å². The third kappa shape index (κ3) is 10.1. The summed E-state index contributed by atoms with van der Waals surface area (Å²) in [4.78, 5) is 28.7. The number of alkyl halides is 2. The van der Waals surface area contributed by atoms with E-state index in [0.717, 1.165) is 12.5 Å². The lowest BCUT2D eigenvalue weighted by Crippen LogP contribution is -2.60. The highest BCUT2D eigenvalue weighted by Gasteiger charge is 2.44. The topological polar surface area (TPSA) is 96.0 Å². The SMILES string of the molecule is CCC1=C(C(C)(F)F)C=CC(C(CC(=O)Nc2cccc(F)c2CCC2CN(C(=O)OC(C)(C)C)C3CCCS(=O)(=O)N2C3)c2ccc(Cl)cc2)=CC1. The van der Waals surface area contributed by atoms with E-state index in [-0.39, 0.29) is 61.0 Å². The first-order chi connectivity index (χ1) is 24.9. The Kier molecular flexibility index (Phi) is 12.6. The van der Waals surface area contributed by atoms with Crippen molar-refractivity contribution in [2.45, 2.75) is 109 Å². The fourth-order valence-corrected chi connectivity index (χ4v) is 9.34. The van der Waals surface area contributed by atoms with Crippen LogP contribution >= 0.6 is 11.6 Å². The molecule has 53 heavy (non-hydrogen) atoms. The van der Waals surface area contributed by atoms with E-state index in [9.17, 15) is 26.8 Å². The Morgan fingerprint density at radius 1 is 1.06 bits per heavy atom. The molecule has 1 N–H and O–H groups in total. The normalized spacial score (nSPS) is 22.4. The van der Waals surface area contributed by atoms with Crippen molar-refractivity contribution in [3.05, 3.63) is 99.4 Å². The quantitative estimate of drug-likeness (QED) is 0.260. The van der Waals surface area contributed by atoms with Gasteiger partial charge in [-0.1, -0.05) is 60.5 Å². The number of benzene rings is 2. The molecule has 2 fully saturated rings. The van der Waals surface area contributed by atoms with Gasteiger partial charge in [0.1, 0.15) is 11.4 Å². The Balaban J connectivity index is 1.37. The number of carbonyl (C=O) groups excluding carboxylic acids is 2. The molecule has 1 aliphatic carbocycles. The number of anilines is 1. The molecule has 2 heterocycles. The van der Waals surface area contributed by atoms with Crippen molar-refractivity contribution in [1.29, 1.82) is 0 Å². The monoisotopic (exact) mass is 775 g/mol. The van der Waals surface area contributed by atoms with Crippen LogP contribution in [0.15, 0.2) is 77.4 Å². The Morgan fingerprint density at radius 3 is 2.43 bits per heavy atom. The maximum atomic E-state index is 15.6. The minimum atomic E-state index is -3.61. The summed E-state index contributed by atoms with van der Waals surface area (Å²) in [5.74, 6) is -4.58. The zero-order valence-corrected chi connectivity index (χ0v) is 32.5. The van der Waals surface area contributed by atoms with Gasteiger partial charge in [-0.25, -0.2) is 26.4 Å². The molecule has 0 spiro atoms. The molecule has 2 aromatic carbocycles. The Labute approximate surface area is 316 Å². The number of fused-ring (bicyclic) bond motifs is 2. The van der Waals surface area contributed by atoms with Crippen LogP contribution in [0.25, 0.3) is 0 Å². The average molecular weight is 776 g/mol. The molecule has 288 valence electrons. The summed E-state index contributed by atoms with van der Waals surface area (Å²) in [5, 5.41) is 3.38. The maximum Gasteiger partial charge on any atom is 0.410 e. The van der Waals surface area contributed by atoms with Gasteiger partial charge >= 0.3 is 6.09 Å². The van der Waals surface area contributed by atoms with Crippen LogP contribution in [0.4, 0.5) is 23.7 Å². The lowest BCUT2D eigenvalue weighted by Gasteiger charge is -2.44. The van der Waals surface area contributed by atoms with Crippen LogP contribution in [0, 0.1) is 5.82 Å². The molecule has 4 atom stereocenters. The third-order valence-corrected chi connectivity index (χ3v) is 12.3. The molecule has 2 bridgehead atoms. The molecule has 13 heteroatoms. The number of carbonyl (C=O) groups is 2. The molecule has 0 saturated carbocycles. The van der Waals surface area contributed by atoms with Crippen molar-refractivity contribution < 1.29 is 35.9 Å². The van der Waals surface area contributed by atoms with Gasteiger partial charge < -0.3 is 15.0 Å². The maximum absolute atomic E-state index is 15.6. The van der Waals surface area contributed by atoms with E-state index < -0.39 is 51.3 Å². The number of piperazine rings is 1. The van der Waals surface area contributed by atoms with Crippen LogP contribution in [0.2, 0.25) is 5.02 Å². The Hall–Kier alpha value is -3.61. The summed E-state index contributed by atoms with van der Waals surface area (Å²) in [7, 11) is -3.61. The number of amides is 2. The predicted molar refractivity (Wildman–Crippen MR) is 202 cm³/mol. The summed E-state index contributed by atoms with van der Waals surface area (Å²) < 4.78 is 78.4. The second-order valence-electron chi connectivity index (χ2n) is 15.1. The van der Waals surface area contributed by atoms with Crippen LogP contribution < -0.4 is 5.32 Å². The van der Waals surface area contributed by atoms with E-state index in [1.54, 1.807) is 62.1 Å². The van der Waals surface area contributed by atoms with Crippen LogP contribution in [-0.2, 0) is 26.0 Å². The first-order valence-electron chi connectivity index (χ1n) is 18.2. The molecule has 8 nitrogen and oxygen atoms in total. The number of nitrogens with zero attached hydrogens (tertiary/aromatic N) is 2. The van der Waals surface area contributed by atoms with E-state index in [1.807, 2.05) is 13.0 Å². The smallest absolute Gasteiger partial charge is 0.410 e. The second-order valence-corrected chi connectivity index (χ2v) is 17.6.